The van der Waals surface area contributed by atoms with Gasteiger partial charge in [-0.25, -0.2) is 4.98 Å². The van der Waals surface area contributed by atoms with Crippen LogP contribution in [0.1, 0.15) is 44.3 Å². The van der Waals surface area contributed by atoms with Gasteiger partial charge in [0.05, 0.1) is 11.3 Å². The normalized spacial score (nSPS) is 18.9. The van der Waals surface area contributed by atoms with Crippen LogP contribution >= 0.6 is 11.8 Å². The van der Waals surface area contributed by atoms with Gasteiger partial charge in [-0.2, -0.15) is 5.26 Å². The maximum Gasteiger partial charge on any atom is 0.209 e. The molecule has 15 heavy (non-hydrogen) atoms. The summed E-state index contributed by atoms with van der Waals surface area (Å²) in [7, 11) is 0. The molecule has 0 aliphatic heterocycles. The Balaban J connectivity index is 2.00. The van der Waals surface area contributed by atoms with E-state index in [-0.39, 0.29) is 5.25 Å². The third-order valence-corrected chi connectivity index (χ3v) is 3.54. The highest BCUT2D eigenvalue weighted by molar-refractivity contribution is 7.99. The molecule has 1 heterocycles. The summed E-state index contributed by atoms with van der Waals surface area (Å²) in [5, 5.41) is 16.4. The predicted molar refractivity (Wildman–Crippen MR) is 58.5 cm³/mol. The third kappa shape index (κ3) is 2.51. The lowest BCUT2D eigenvalue weighted by molar-refractivity contribution is 0.671. The molecule has 5 heteroatoms. The number of aromatic nitrogens is 3. The summed E-state index contributed by atoms with van der Waals surface area (Å²) in [6, 6.07) is 2.16. The highest BCUT2D eigenvalue weighted by Gasteiger charge is 2.21. The van der Waals surface area contributed by atoms with Crippen LogP contribution in [0.4, 0.5) is 0 Å². The number of nitrogens with one attached hydrogen (secondary N) is 1. The number of rotatable bonds is 3. The van der Waals surface area contributed by atoms with Crippen molar-refractivity contribution in [1.29, 1.82) is 5.26 Å². The maximum atomic E-state index is 8.68. The van der Waals surface area contributed by atoms with Gasteiger partial charge in [0, 0.05) is 5.92 Å². The molecule has 0 bridgehead atoms. The van der Waals surface area contributed by atoms with E-state index in [4.69, 9.17) is 5.26 Å². The van der Waals surface area contributed by atoms with E-state index >= 15 is 0 Å². The first kappa shape index (κ1) is 10.5. The van der Waals surface area contributed by atoms with Gasteiger partial charge in [0.1, 0.15) is 5.82 Å². The minimum atomic E-state index is -0.0859. The molecule has 1 saturated carbocycles. The minimum absolute atomic E-state index is 0.0859. The fraction of sp³-hybridized carbons (Fsp3) is 0.700. The number of H-pyrrole nitrogens is 1. The molecule has 0 spiro atoms. The predicted octanol–water partition coefficient (Wildman–Crippen LogP) is 2.47. The molecular formula is C10H14N4S. The quantitative estimate of drug-likeness (QED) is 0.798. The number of aromatic amines is 1. The first-order valence-electron chi connectivity index (χ1n) is 5.28. The second-order valence-corrected chi connectivity index (χ2v) is 5.18. The molecule has 1 aromatic heterocycles. The minimum Gasteiger partial charge on any atom is -0.262 e. The summed E-state index contributed by atoms with van der Waals surface area (Å²) in [5.41, 5.74) is 0. The second kappa shape index (κ2) is 4.67. The topological polar surface area (TPSA) is 65.4 Å². The standard InChI is InChI=1S/C10H14N4S/c1-7(6-11)15-10-12-9(13-14-10)8-4-2-3-5-8/h7-8H,2-5H2,1H3,(H,12,13,14)/t7-/m1/s1. The van der Waals surface area contributed by atoms with Crippen LogP contribution in [0.3, 0.4) is 0 Å². The molecule has 2 rings (SSSR count). The van der Waals surface area contributed by atoms with E-state index in [1.165, 1.54) is 37.4 Å². The summed E-state index contributed by atoms with van der Waals surface area (Å²) < 4.78 is 0. The molecule has 1 aromatic rings. The van der Waals surface area contributed by atoms with Crippen molar-refractivity contribution in [2.75, 3.05) is 0 Å². The Morgan fingerprint density at radius 1 is 1.53 bits per heavy atom. The Kier molecular flexibility index (Phi) is 3.27. The van der Waals surface area contributed by atoms with Crippen molar-refractivity contribution in [3.05, 3.63) is 5.82 Å². The molecule has 0 radical (unpaired) electrons. The van der Waals surface area contributed by atoms with Gasteiger partial charge in [0.25, 0.3) is 0 Å². The van der Waals surface area contributed by atoms with Crippen LogP contribution in [0, 0.1) is 11.3 Å². The van der Waals surface area contributed by atoms with Gasteiger partial charge in [0.2, 0.25) is 5.16 Å². The van der Waals surface area contributed by atoms with E-state index in [9.17, 15) is 0 Å². The summed E-state index contributed by atoms with van der Waals surface area (Å²) in [5.74, 6) is 1.56. The lowest BCUT2D eigenvalue weighted by Gasteiger charge is -2.01. The Labute approximate surface area is 93.5 Å². The number of nitriles is 1. The zero-order chi connectivity index (χ0) is 10.7. The Morgan fingerprint density at radius 3 is 2.93 bits per heavy atom. The molecule has 0 unspecified atom stereocenters. The van der Waals surface area contributed by atoms with Crippen molar-refractivity contribution < 1.29 is 0 Å². The van der Waals surface area contributed by atoms with E-state index in [1.54, 1.807) is 0 Å². The molecule has 1 atom stereocenters. The van der Waals surface area contributed by atoms with E-state index in [2.05, 4.69) is 21.3 Å². The molecule has 1 aliphatic rings. The van der Waals surface area contributed by atoms with Gasteiger partial charge in [0.15, 0.2) is 0 Å². The molecule has 0 aromatic carbocycles. The van der Waals surface area contributed by atoms with Crippen molar-refractivity contribution >= 4 is 11.8 Å². The van der Waals surface area contributed by atoms with Crippen molar-refractivity contribution in [2.45, 2.75) is 48.9 Å². The summed E-state index contributed by atoms with van der Waals surface area (Å²) in [6.45, 7) is 1.86. The van der Waals surface area contributed by atoms with Crippen molar-refractivity contribution in [2.24, 2.45) is 0 Å². The van der Waals surface area contributed by atoms with E-state index < -0.39 is 0 Å². The number of nitrogens with zero attached hydrogens (tertiary/aromatic N) is 3. The monoisotopic (exact) mass is 222 g/mol. The fourth-order valence-corrected chi connectivity index (χ4v) is 2.50. The van der Waals surface area contributed by atoms with Gasteiger partial charge in [-0.15, -0.1) is 5.10 Å². The zero-order valence-corrected chi connectivity index (χ0v) is 9.55. The zero-order valence-electron chi connectivity index (χ0n) is 8.73. The van der Waals surface area contributed by atoms with Crippen molar-refractivity contribution in [3.63, 3.8) is 0 Å². The smallest absolute Gasteiger partial charge is 0.209 e. The van der Waals surface area contributed by atoms with Crippen LogP contribution in [-0.4, -0.2) is 20.4 Å². The van der Waals surface area contributed by atoms with Crippen LogP contribution in [0.15, 0.2) is 5.16 Å². The molecule has 4 nitrogen and oxygen atoms in total. The number of thioether (sulfide) groups is 1. The molecule has 0 amide bonds. The lowest BCUT2D eigenvalue weighted by atomic mass is 10.1. The van der Waals surface area contributed by atoms with Crippen LogP contribution in [0.2, 0.25) is 0 Å². The SMILES string of the molecule is C[C@H](C#N)Sc1n[nH]c(C2CCCC2)n1. The third-order valence-electron chi connectivity index (χ3n) is 2.69. The van der Waals surface area contributed by atoms with E-state index in [0.29, 0.717) is 11.1 Å². The number of hydrogen-bond acceptors (Lipinski definition) is 4. The Bertz CT molecular complexity index is 362. The van der Waals surface area contributed by atoms with Gasteiger partial charge in [-0.1, -0.05) is 24.6 Å². The largest absolute Gasteiger partial charge is 0.262 e. The van der Waals surface area contributed by atoms with Gasteiger partial charge in [-0.05, 0) is 19.8 Å². The van der Waals surface area contributed by atoms with Gasteiger partial charge in [-0.3, -0.25) is 5.10 Å². The average Bonchev–Trinajstić information content (AvgIpc) is 2.85. The van der Waals surface area contributed by atoms with Crippen LogP contribution in [-0.2, 0) is 0 Å². The lowest BCUT2D eigenvalue weighted by Crippen LogP contribution is -1.95. The van der Waals surface area contributed by atoms with Crippen LogP contribution in [0.25, 0.3) is 0 Å². The van der Waals surface area contributed by atoms with Gasteiger partial charge < -0.3 is 0 Å². The second-order valence-electron chi connectivity index (χ2n) is 3.87. The fourth-order valence-electron chi connectivity index (χ4n) is 1.88. The Morgan fingerprint density at radius 2 is 2.27 bits per heavy atom. The van der Waals surface area contributed by atoms with Gasteiger partial charge >= 0.3 is 0 Å². The van der Waals surface area contributed by atoms with Crippen LogP contribution < -0.4 is 0 Å². The van der Waals surface area contributed by atoms with Crippen molar-refractivity contribution in [3.8, 4) is 6.07 Å². The van der Waals surface area contributed by atoms with Crippen LogP contribution in [0.5, 0.6) is 0 Å². The first-order valence-corrected chi connectivity index (χ1v) is 6.16. The average molecular weight is 222 g/mol. The molecule has 1 fully saturated rings. The van der Waals surface area contributed by atoms with E-state index in [0.717, 1.165) is 5.82 Å². The number of hydrogen-bond donors (Lipinski definition) is 1. The first-order chi connectivity index (χ1) is 7.29. The maximum absolute atomic E-state index is 8.68. The van der Waals surface area contributed by atoms with E-state index in [1.807, 2.05) is 6.92 Å². The molecule has 0 saturated heterocycles. The molecule has 80 valence electrons. The summed E-state index contributed by atoms with van der Waals surface area (Å²) in [6.07, 6.45) is 5.02. The Hall–Kier alpha value is -1.02. The molecule has 1 N–H and O–H groups in total. The summed E-state index contributed by atoms with van der Waals surface area (Å²) >= 11 is 1.41. The summed E-state index contributed by atoms with van der Waals surface area (Å²) in [4.78, 5) is 4.43. The highest BCUT2D eigenvalue weighted by atomic mass is 32.2. The van der Waals surface area contributed by atoms with Crippen molar-refractivity contribution in [1.82, 2.24) is 15.2 Å². The molecule has 1 aliphatic carbocycles. The molecular weight excluding hydrogens is 208 g/mol. The highest BCUT2D eigenvalue weighted by Crippen LogP contribution is 2.32.